The maximum absolute atomic E-state index is 13.6. The summed E-state index contributed by atoms with van der Waals surface area (Å²) in [5.74, 6) is 0.0386. The highest BCUT2D eigenvalue weighted by Gasteiger charge is 2.63. The molecule has 0 spiro atoms. The molecule has 6 rings (SSSR count). The molecule has 0 bridgehead atoms. The van der Waals surface area contributed by atoms with Crippen LogP contribution in [-0.2, 0) is 18.9 Å². The van der Waals surface area contributed by atoms with Crippen LogP contribution in [0, 0.1) is 12.3 Å². The van der Waals surface area contributed by atoms with Crippen molar-refractivity contribution < 1.29 is 33.3 Å². The minimum Gasteiger partial charge on any atom is -0.459 e. The minimum absolute atomic E-state index is 0.0489. The molecule has 230 valence electrons. The van der Waals surface area contributed by atoms with Gasteiger partial charge in [0.15, 0.2) is 23.1 Å². The molecular formula is C33H24ClN5O7. The highest BCUT2D eigenvalue weighted by molar-refractivity contribution is 6.33. The van der Waals surface area contributed by atoms with E-state index in [0.29, 0.717) is 0 Å². The molecule has 12 nitrogen and oxygen atoms in total. The van der Waals surface area contributed by atoms with E-state index >= 15 is 0 Å². The number of terminal acetylenes is 1. The van der Waals surface area contributed by atoms with Crippen LogP contribution in [0.15, 0.2) is 97.3 Å². The number of ether oxygens (including phenoxy) is 4. The summed E-state index contributed by atoms with van der Waals surface area (Å²) < 4.78 is 25.4. The Bertz CT molecular complexity index is 1950. The number of rotatable bonds is 8. The molecule has 3 aromatic carbocycles. The topological polar surface area (TPSA) is 158 Å². The van der Waals surface area contributed by atoms with E-state index in [1.165, 1.54) is 23.0 Å². The maximum atomic E-state index is 13.6. The Balaban J connectivity index is 1.46. The van der Waals surface area contributed by atoms with E-state index in [2.05, 4.69) is 20.9 Å². The lowest BCUT2D eigenvalue weighted by atomic mass is 9.93. The standard InChI is InChI=1S/C33H24ClN5O7/c1-2-33(46-30(42)22-16-10-5-11-17-22)25(45-29(41)21-14-8-4-9-15-21)23(18-43-28(40)20-12-6-3-7-13-20)44-31(33)39-19-36-24-26(34)37-32(35)38-27(24)39/h1,3-17,19,23,25,31H,18H2,(H2,35,37,38). The smallest absolute Gasteiger partial charge is 0.339 e. The van der Waals surface area contributed by atoms with Gasteiger partial charge in [-0.15, -0.1) is 6.42 Å². The number of carbonyl (C=O) groups excluding carboxylic acids is 3. The normalized spacial score (nSPS) is 20.5. The number of benzene rings is 3. The van der Waals surface area contributed by atoms with Crippen molar-refractivity contribution in [2.75, 3.05) is 12.3 Å². The fourth-order valence-corrected chi connectivity index (χ4v) is 5.26. The number of aromatic nitrogens is 4. The summed E-state index contributed by atoms with van der Waals surface area (Å²) in [5.41, 5.74) is 4.58. The number of carbonyl (C=O) groups is 3. The van der Waals surface area contributed by atoms with Crippen LogP contribution in [0.1, 0.15) is 37.3 Å². The molecule has 0 amide bonds. The molecule has 1 fully saturated rings. The molecule has 0 saturated carbocycles. The number of halogens is 1. The van der Waals surface area contributed by atoms with E-state index in [1.807, 2.05) is 0 Å². The highest BCUT2D eigenvalue weighted by Crippen LogP contribution is 2.45. The number of anilines is 1. The zero-order valence-electron chi connectivity index (χ0n) is 23.9. The van der Waals surface area contributed by atoms with Crippen LogP contribution in [0.2, 0.25) is 5.15 Å². The summed E-state index contributed by atoms with van der Waals surface area (Å²) in [6.45, 7) is -0.451. The first-order chi connectivity index (χ1) is 22.3. The van der Waals surface area contributed by atoms with Gasteiger partial charge in [-0.1, -0.05) is 66.2 Å². The molecule has 4 atom stereocenters. The first kappa shape index (κ1) is 30.3. The molecule has 0 aliphatic carbocycles. The second kappa shape index (κ2) is 12.7. The SMILES string of the molecule is C#CC1(OC(=O)c2ccccc2)C(OC(=O)c2ccccc2)C(COC(=O)c2ccccc2)OC1n1cnc2c(Cl)nc(N)nc21. The third kappa shape index (κ3) is 5.72. The summed E-state index contributed by atoms with van der Waals surface area (Å²) in [6.07, 6.45) is 3.28. The first-order valence-corrected chi connectivity index (χ1v) is 14.2. The van der Waals surface area contributed by atoms with Crippen LogP contribution >= 0.6 is 11.6 Å². The second-order valence-electron chi connectivity index (χ2n) is 10.1. The van der Waals surface area contributed by atoms with Crippen molar-refractivity contribution >= 4 is 46.6 Å². The van der Waals surface area contributed by atoms with Gasteiger partial charge in [0.05, 0.1) is 23.0 Å². The Morgan fingerprint density at radius 1 is 0.891 bits per heavy atom. The molecular weight excluding hydrogens is 614 g/mol. The van der Waals surface area contributed by atoms with Gasteiger partial charge in [-0.2, -0.15) is 9.97 Å². The Hall–Kier alpha value is -5.77. The molecule has 1 saturated heterocycles. The van der Waals surface area contributed by atoms with Crippen molar-refractivity contribution in [1.29, 1.82) is 0 Å². The van der Waals surface area contributed by atoms with Crippen molar-refractivity contribution in [3.63, 3.8) is 0 Å². The number of esters is 3. The molecule has 1 aliphatic rings. The molecule has 46 heavy (non-hydrogen) atoms. The molecule has 4 unspecified atom stereocenters. The largest absolute Gasteiger partial charge is 0.459 e. The first-order valence-electron chi connectivity index (χ1n) is 13.9. The lowest BCUT2D eigenvalue weighted by molar-refractivity contribution is -0.0865. The summed E-state index contributed by atoms with van der Waals surface area (Å²) in [5, 5.41) is -0.0489. The molecule has 2 aromatic heterocycles. The van der Waals surface area contributed by atoms with Crippen LogP contribution in [0.25, 0.3) is 11.2 Å². The predicted octanol–water partition coefficient (Wildman–Crippen LogP) is 4.27. The molecule has 5 aromatic rings. The fraction of sp³-hybridized carbons (Fsp3) is 0.152. The quantitative estimate of drug-likeness (QED) is 0.112. The van der Waals surface area contributed by atoms with E-state index in [1.54, 1.807) is 78.9 Å². The van der Waals surface area contributed by atoms with Crippen LogP contribution in [-0.4, -0.2) is 61.8 Å². The molecule has 1 aliphatic heterocycles. The van der Waals surface area contributed by atoms with E-state index in [9.17, 15) is 14.4 Å². The minimum atomic E-state index is -2.17. The molecule has 13 heteroatoms. The number of hydrogen-bond donors (Lipinski definition) is 1. The molecule has 3 heterocycles. The number of imidazole rings is 1. The predicted molar refractivity (Wildman–Crippen MR) is 164 cm³/mol. The van der Waals surface area contributed by atoms with E-state index in [-0.39, 0.29) is 39.0 Å². The monoisotopic (exact) mass is 637 g/mol. The summed E-state index contributed by atoms with van der Waals surface area (Å²) in [7, 11) is 0. The zero-order chi connectivity index (χ0) is 32.3. The van der Waals surface area contributed by atoms with Gasteiger partial charge >= 0.3 is 17.9 Å². The van der Waals surface area contributed by atoms with Gasteiger partial charge in [-0.25, -0.2) is 19.4 Å². The van der Waals surface area contributed by atoms with Gasteiger partial charge < -0.3 is 24.7 Å². The second-order valence-corrected chi connectivity index (χ2v) is 10.4. The average Bonchev–Trinajstić information content (AvgIpc) is 3.63. The van der Waals surface area contributed by atoms with Gasteiger partial charge in [-0.3, -0.25) is 4.57 Å². The number of nitrogens with zero attached hydrogens (tertiary/aromatic N) is 4. The Kier molecular flexibility index (Phi) is 8.35. The van der Waals surface area contributed by atoms with E-state index in [0.717, 1.165) is 0 Å². The lowest BCUT2D eigenvalue weighted by Gasteiger charge is -2.33. The van der Waals surface area contributed by atoms with Gasteiger partial charge in [0, 0.05) is 0 Å². The Morgan fingerprint density at radius 3 is 2.04 bits per heavy atom. The van der Waals surface area contributed by atoms with Crippen LogP contribution in [0.3, 0.4) is 0 Å². The molecule has 2 N–H and O–H groups in total. The third-order valence-electron chi connectivity index (χ3n) is 7.21. The zero-order valence-corrected chi connectivity index (χ0v) is 24.6. The van der Waals surface area contributed by atoms with Crippen LogP contribution in [0.4, 0.5) is 5.95 Å². The van der Waals surface area contributed by atoms with Crippen molar-refractivity contribution in [3.05, 3.63) is 119 Å². The van der Waals surface area contributed by atoms with Crippen molar-refractivity contribution in [1.82, 2.24) is 19.5 Å². The van der Waals surface area contributed by atoms with Crippen LogP contribution < -0.4 is 5.73 Å². The summed E-state index contributed by atoms with van der Waals surface area (Å²) in [4.78, 5) is 52.5. The van der Waals surface area contributed by atoms with E-state index in [4.69, 9.17) is 42.7 Å². The van der Waals surface area contributed by atoms with Crippen molar-refractivity contribution in [3.8, 4) is 12.3 Å². The average molecular weight is 638 g/mol. The molecule has 0 radical (unpaired) electrons. The van der Waals surface area contributed by atoms with Crippen LogP contribution in [0.5, 0.6) is 0 Å². The van der Waals surface area contributed by atoms with Crippen molar-refractivity contribution in [2.45, 2.75) is 24.0 Å². The third-order valence-corrected chi connectivity index (χ3v) is 7.47. The van der Waals surface area contributed by atoms with Gasteiger partial charge in [0.2, 0.25) is 5.95 Å². The van der Waals surface area contributed by atoms with Gasteiger partial charge in [0.1, 0.15) is 18.2 Å². The van der Waals surface area contributed by atoms with Gasteiger partial charge in [-0.05, 0) is 42.3 Å². The Morgan fingerprint density at radius 2 is 1.46 bits per heavy atom. The lowest BCUT2D eigenvalue weighted by Crippen LogP contribution is -2.51. The maximum Gasteiger partial charge on any atom is 0.339 e. The summed E-state index contributed by atoms with van der Waals surface area (Å²) >= 11 is 6.29. The number of hydrogen-bond acceptors (Lipinski definition) is 11. The fourth-order valence-electron chi connectivity index (χ4n) is 5.04. The highest BCUT2D eigenvalue weighted by atomic mass is 35.5. The van der Waals surface area contributed by atoms with Crippen molar-refractivity contribution in [2.24, 2.45) is 0 Å². The number of fused-ring (bicyclic) bond motifs is 1. The Labute approximate surface area is 267 Å². The number of nitrogen functional groups attached to an aromatic ring is 1. The summed E-state index contributed by atoms with van der Waals surface area (Å²) in [6, 6.07) is 24.4. The van der Waals surface area contributed by atoms with Gasteiger partial charge in [0.25, 0.3) is 5.60 Å². The number of nitrogens with two attached hydrogens (primary N) is 1. The van der Waals surface area contributed by atoms with E-state index < -0.39 is 48.6 Å².